The summed E-state index contributed by atoms with van der Waals surface area (Å²) in [6, 6.07) is 17.1. The number of carbonyl (C=O) groups excluding carboxylic acids is 1. The molecule has 0 radical (unpaired) electrons. The second kappa shape index (κ2) is 6.80. The molecule has 1 aliphatic carbocycles. The summed E-state index contributed by atoms with van der Waals surface area (Å²) in [5.74, 6) is 1.07. The van der Waals surface area contributed by atoms with Gasteiger partial charge in [0.25, 0.3) is 0 Å². The summed E-state index contributed by atoms with van der Waals surface area (Å²) < 4.78 is 0. The summed E-state index contributed by atoms with van der Waals surface area (Å²) >= 11 is 0. The van der Waals surface area contributed by atoms with E-state index in [2.05, 4.69) is 61.2 Å². The van der Waals surface area contributed by atoms with E-state index >= 15 is 0 Å². The van der Waals surface area contributed by atoms with Crippen molar-refractivity contribution >= 4 is 17.4 Å². The van der Waals surface area contributed by atoms with Gasteiger partial charge in [0.05, 0.1) is 17.0 Å². The maximum absolute atomic E-state index is 13.0. The van der Waals surface area contributed by atoms with Crippen molar-refractivity contribution in [3.05, 3.63) is 82.2 Å². The number of aromatic nitrogens is 2. The largest absolute Gasteiger partial charge is 0.307 e. The van der Waals surface area contributed by atoms with Crippen molar-refractivity contribution in [1.29, 1.82) is 0 Å². The third-order valence-corrected chi connectivity index (χ3v) is 6.35. The van der Waals surface area contributed by atoms with Crippen LogP contribution in [0.3, 0.4) is 0 Å². The molecule has 0 saturated carbocycles. The van der Waals surface area contributed by atoms with E-state index < -0.39 is 0 Å². The summed E-state index contributed by atoms with van der Waals surface area (Å²) in [7, 11) is 0. The molecule has 0 saturated heterocycles. The predicted octanol–water partition coefficient (Wildman–Crippen LogP) is 5.09. The number of ketones is 1. The van der Waals surface area contributed by atoms with Crippen molar-refractivity contribution in [2.24, 2.45) is 0 Å². The van der Waals surface area contributed by atoms with E-state index in [0.717, 1.165) is 35.7 Å². The number of Topliss-reactive ketones (excluding diaryl/α,β-unsaturated/α-hetero) is 1. The summed E-state index contributed by atoms with van der Waals surface area (Å²) in [4.78, 5) is 25.0. The van der Waals surface area contributed by atoms with Gasteiger partial charge in [0.2, 0.25) is 5.95 Å². The standard InChI is InChI=1S/C25H25N3O/c1-15-8-4-6-10-20(15)19-13-21-24(23(29)14-19)17(3)26-25(27-21)28-16(2)12-18-9-5-7-11-22(18)28/h4-11,16,19H,12-14H2,1-3H3/t16-,19+/m0/s1. The molecule has 2 atom stereocenters. The summed E-state index contributed by atoms with van der Waals surface area (Å²) in [6.07, 6.45) is 2.30. The molecule has 29 heavy (non-hydrogen) atoms. The molecule has 4 nitrogen and oxygen atoms in total. The van der Waals surface area contributed by atoms with Crippen molar-refractivity contribution in [1.82, 2.24) is 9.97 Å². The van der Waals surface area contributed by atoms with Crippen molar-refractivity contribution < 1.29 is 4.79 Å². The molecule has 2 heterocycles. The molecule has 2 aromatic carbocycles. The van der Waals surface area contributed by atoms with E-state index in [1.807, 2.05) is 13.0 Å². The number of hydrogen-bond donors (Lipinski definition) is 0. The van der Waals surface area contributed by atoms with Crippen LogP contribution in [0.1, 0.15) is 57.7 Å². The van der Waals surface area contributed by atoms with Crippen LogP contribution in [0.15, 0.2) is 48.5 Å². The van der Waals surface area contributed by atoms with Crippen molar-refractivity contribution in [2.45, 2.75) is 52.0 Å². The zero-order chi connectivity index (χ0) is 20.1. The van der Waals surface area contributed by atoms with Gasteiger partial charge in [-0.15, -0.1) is 0 Å². The van der Waals surface area contributed by atoms with Gasteiger partial charge in [-0.05, 0) is 62.3 Å². The third-order valence-electron chi connectivity index (χ3n) is 6.35. The van der Waals surface area contributed by atoms with Crippen LogP contribution in [-0.2, 0) is 12.8 Å². The maximum Gasteiger partial charge on any atom is 0.230 e. The van der Waals surface area contributed by atoms with Crippen LogP contribution in [0, 0.1) is 13.8 Å². The lowest BCUT2D eigenvalue weighted by atomic mass is 9.80. The number of rotatable bonds is 2. The Hall–Kier alpha value is -3.01. The van der Waals surface area contributed by atoms with Crippen molar-refractivity contribution in [3.8, 4) is 0 Å². The Bertz CT molecular complexity index is 1120. The normalized spacial score (nSPS) is 20.5. The monoisotopic (exact) mass is 383 g/mol. The zero-order valence-corrected chi connectivity index (χ0v) is 17.1. The van der Waals surface area contributed by atoms with Crippen LogP contribution in [0.4, 0.5) is 11.6 Å². The number of hydrogen-bond acceptors (Lipinski definition) is 4. The molecule has 3 aromatic rings. The third kappa shape index (κ3) is 2.94. The van der Waals surface area contributed by atoms with Gasteiger partial charge in [-0.3, -0.25) is 4.79 Å². The van der Waals surface area contributed by atoms with Gasteiger partial charge in [-0.2, -0.15) is 0 Å². The molecule has 0 fully saturated rings. The molecule has 5 rings (SSSR count). The fourth-order valence-corrected chi connectivity index (χ4v) is 5.00. The number of fused-ring (bicyclic) bond motifs is 2. The molecule has 4 heteroatoms. The first kappa shape index (κ1) is 18.0. The number of nitrogens with zero attached hydrogens (tertiary/aromatic N) is 3. The molecule has 0 spiro atoms. The van der Waals surface area contributed by atoms with E-state index in [4.69, 9.17) is 9.97 Å². The Balaban J connectivity index is 1.58. The van der Waals surface area contributed by atoms with Crippen molar-refractivity contribution in [3.63, 3.8) is 0 Å². The minimum atomic E-state index is 0.165. The van der Waals surface area contributed by atoms with Gasteiger partial charge in [-0.25, -0.2) is 9.97 Å². The highest BCUT2D eigenvalue weighted by Gasteiger charge is 2.34. The van der Waals surface area contributed by atoms with Crippen LogP contribution in [0.2, 0.25) is 0 Å². The molecular weight excluding hydrogens is 358 g/mol. The lowest BCUT2D eigenvalue weighted by Gasteiger charge is -2.28. The molecule has 146 valence electrons. The summed E-state index contributed by atoms with van der Waals surface area (Å²) in [5, 5.41) is 0. The molecule has 0 unspecified atom stereocenters. The lowest BCUT2D eigenvalue weighted by Crippen LogP contribution is -2.29. The first-order valence-corrected chi connectivity index (χ1v) is 10.4. The van der Waals surface area contributed by atoms with Crippen LogP contribution in [0.25, 0.3) is 0 Å². The molecule has 0 bridgehead atoms. The highest BCUT2D eigenvalue weighted by Crippen LogP contribution is 2.39. The Morgan fingerprint density at radius 3 is 2.52 bits per heavy atom. The topological polar surface area (TPSA) is 46.1 Å². The molecule has 0 amide bonds. The number of benzene rings is 2. The van der Waals surface area contributed by atoms with E-state index in [-0.39, 0.29) is 11.7 Å². The summed E-state index contributed by atoms with van der Waals surface area (Å²) in [6.45, 7) is 6.27. The highest BCUT2D eigenvalue weighted by atomic mass is 16.1. The van der Waals surface area contributed by atoms with Gasteiger partial charge in [-0.1, -0.05) is 42.5 Å². The van der Waals surface area contributed by atoms with Crippen LogP contribution < -0.4 is 4.90 Å². The second-order valence-corrected chi connectivity index (χ2v) is 8.37. The summed E-state index contributed by atoms with van der Waals surface area (Å²) in [5.41, 5.74) is 7.43. The van der Waals surface area contributed by atoms with E-state index in [1.54, 1.807) is 0 Å². The molecular formula is C25H25N3O. The van der Waals surface area contributed by atoms with Crippen LogP contribution >= 0.6 is 0 Å². The van der Waals surface area contributed by atoms with Gasteiger partial charge >= 0.3 is 0 Å². The molecule has 1 aromatic heterocycles. The minimum Gasteiger partial charge on any atom is -0.307 e. The van der Waals surface area contributed by atoms with Gasteiger partial charge < -0.3 is 4.90 Å². The maximum atomic E-state index is 13.0. The van der Waals surface area contributed by atoms with Gasteiger partial charge in [0, 0.05) is 18.2 Å². The predicted molar refractivity (Wildman–Crippen MR) is 115 cm³/mol. The SMILES string of the molecule is Cc1ccccc1[C@H]1CC(=O)c2c(C)nc(N3c4ccccc4C[C@@H]3C)nc2C1. The minimum absolute atomic E-state index is 0.165. The van der Waals surface area contributed by atoms with E-state index in [9.17, 15) is 4.79 Å². The lowest BCUT2D eigenvalue weighted by molar-refractivity contribution is 0.0962. The Morgan fingerprint density at radius 1 is 0.931 bits per heavy atom. The Labute approximate surface area is 171 Å². The van der Waals surface area contributed by atoms with Crippen LogP contribution in [0.5, 0.6) is 0 Å². The fraction of sp³-hybridized carbons (Fsp3) is 0.320. The van der Waals surface area contributed by atoms with E-state index in [1.165, 1.54) is 22.4 Å². The first-order chi connectivity index (χ1) is 14.0. The number of para-hydroxylation sites is 1. The fourth-order valence-electron chi connectivity index (χ4n) is 5.00. The Morgan fingerprint density at radius 2 is 1.69 bits per heavy atom. The molecule has 1 aliphatic heterocycles. The average Bonchev–Trinajstić information content (AvgIpc) is 3.03. The molecule has 2 aliphatic rings. The van der Waals surface area contributed by atoms with E-state index in [0.29, 0.717) is 12.5 Å². The zero-order valence-electron chi connectivity index (χ0n) is 17.1. The number of aryl methyl sites for hydroxylation is 2. The van der Waals surface area contributed by atoms with Gasteiger partial charge in [0.15, 0.2) is 5.78 Å². The number of carbonyl (C=O) groups is 1. The quantitative estimate of drug-likeness (QED) is 0.618. The smallest absolute Gasteiger partial charge is 0.230 e. The Kier molecular flexibility index (Phi) is 4.23. The highest BCUT2D eigenvalue weighted by molar-refractivity contribution is 6.00. The van der Waals surface area contributed by atoms with Gasteiger partial charge in [0.1, 0.15) is 0 Å². The number of anilines is 2. The van der Waals surface area contributed by atoms with Crippen LogP contribution in [-0.4, -0.2) is 21.8 Å². The average molecular weight is 383 g/mol. The second-order valence-electron chi connectivity index (χ2n) is 8.37. The van der Waals surface area contributed by atoms with Crippen molar-refractivity contribution in [2.75, 3.05) is 4.90 Å². The first-order valence-electron chi connectivity index (χ1n) is 10.4. The molecule has 0 N–H and O–H groups in total.